The second-order valence-electron chi connectivity index (χ2n) is 7.02. The molecule has 1 amide bonds. The van der Waals surface area contributed by atoms with Gasteiger partial charge in [0.1, 0.15) is 5.75 Å². The molecule has 1 N–H and O–H groups in total. The third kappa shape index (κ3) is 5.65. The van der Waals surface area contributed by atoms with Crippen molar-refractivity contribution in [1.29, 1.82) is 0 Å². The van der Waals surface area contributed by atoms with Crippen molar-refractivity contribution in [1.82, 2.24) is 5.32 Å². The van der Waals surface area contributed by atoms with E-state index in [0.29, 0.717) is 15.8 Å². The summed E-state index contributed by atoms with van der Waals surface area (Å²) >= 11 is 11.9. The number of halogens is 2. The third-order valence-corrected chi connectivity index (χ3v) is 4.44. The Hall–Kier alpha value is -1.71. The summed E-state index contributed by atoms with van der Waals surface area (Å²) in [5.41, 5.74) is 2.41. The molecule has 1 atom stereocenters. The number of hydrogen-bond donors (Lipinski definition) is 1. The van der Waals surface area contributed by atoms with Gasteiger partial charge in [0.15, 0.2) is 6.61 Å². The van der Waals surface area contributed by atoms with E-state index in [2.05, 4.69) is 38.2 Å². The monoisotopic (exact) mass is 379 g/mol. The first-order valence-electron chi connectivity index (χ1n) is 8.14. The van der Waals surface area contributed by atoms with Crippen LogP contribution in [0.5, 0.6) is 5.75 Å². The van der Waals surface area contributed by atoms with Crippen LogP contribution >= 0.6 is 23.2 Å². The molecule has 0 aromatic heterocycles. The van der Waals surface area contributed by atoms with Gasteiger partial charge in [-0.15, -0.1) is 0 Å². The number of rotatable bonds is 5. The summed E-state index contributed by atoms with van der Waals surface area (Å²) in [4.78, 5) is 12.1. The Morgan fingerprint density at radius 3 is 2.32 bits per heavy atom. The van der Waals surface area contributed by atoms with Gasteiger partial charge >= 0.3 is 0 Å². The first-order chi connectivity index (χ1) is 11.7. The van der Waals surface area contributed by atoms with E-state index in [0.717, 1.165) is 5.56 Å². The molecule has 0 aliphatic carbocycles. The highest BCUT2D eigenvalue weighted by atomic mass is 35.5. The van der Waals surface area contributed by atoms with Crippen LogP contribution in [0.2, 0.25) is 10.0 Å². The molecule has 0 saturated heterocycles. The predicted molar refractivity (Wildman–Crippen MR) is 104 cm³/mol. The molecule has 0 heterocycles. The zero-order valence-corrected chi connectivity index (χ0v) is 16.4. The summed E-state index contributed by atoms with van der Waals surface area (Å²) in [6.07, 6.45) is 0. The quantitative estimate of drug-likeness (QED) is 0.739. The summed E-state index contributed by atoms with van der Waals surface area (Å²) in [7, 11) is 0. The van der Waals surface area contributed by atoms with Crippen molar-refractivity contribution in [2.45, 2.75) is 39.2 Å². The minimum absolute atomic E-state index is 0.105. The van der Waals surface area contributed by atoms with Gasteiger partial charge in [-0.05, 0) is 41.7 Å². The molecule has 3 nitrogen and oxygen atoms in total. The maximum absolute atomic E-state index is 12.1. The largest absolute Gasteiger partial charge is 0.482 e. The molecule has 2 aromatic carbocycles. The van der Waals surface area contributed by atoms with Crippen LogP contribution in [0.25, 0.3) is 0 Å². The molecule has 0 fully saturated rings. The lowest BCUT2D eigenvalue weighted by atomic mass is 9.86. The third-order valence-electron chi connectivity index (χ3n) is 3.91. The van der Waals surface area contributed by atoms with Gasteiger partial charge in [-0.2, -0.15) is 0 Å². The van der Waals surface area contributed by atoms with Crippen LogP contribution in [0.4, 0.5) is 0 Å². The fourth-order valence-electron chi connectivity index (χ4n) is 2.37. The second kappa shape index (κ2) is 8.11. The van der Waals surface area contributed by atoms with E-state index < -0.39 is 0 Å². The Labute approximate surface area is 159 Å². The van der Waals surface area contributed by atoms with Crippen LogP contribution in [0.15, 0.2) is 42.5 Å². The van der Waals surface area contributed by atoms with Crippen molar-refractivity contribution in [3.8, 4) is 5.75 Å². The lowest BCUT2D eigenvalue weighted by Crippen LogP contribution is -2.31. The van der Waals surface area contributed by atoms with Gasteiger partial charge in [-0.3, -0.25) is 4.79 Å². The van der Waals surface area contributed by atoms with E-state index >= 15 is 0 Å². The predicted octanol–water partition coefficient (Wildman–Crippen LogP) is 5.55. The standard InChI is InChI=1S/C20H23Cl2NO2/c1-13(14-5-7-15(8-6-14)20(2,3)4)23-19(24)12-25-18-10-9-16(21)11-17(18)22/h5-11,13H,12H2,1-4H3,(H,23,24). The van der Waals surface area contributed by atoms with Crippen LogP contribution in [0.1, 0.15) is 44.9 Å². The number of amides is 1. The molecule has 2 aromatic rings. The number of nitrogens with one attached hydrogen (secondary N) is 1. The molecule has 134 valence electrons. The molecular formula is C20H23Cl2NO2. The SMILES string of the molecule is CC(NC(=O)COc1ccc(Cl)cc1Cl)c1ccc(C(C)(C)C)cc1. The molecule has 0 radical (unpaired) electrons. The Bertz CT molecular complexity index is 736. The van der Waals surface area contributed by atoms with E-state index in [1.807, 2.05) is 19.1 Å². The smallest absolute Gasteiger partial charge is 0.258 e. The van der Waals surface area contributed by atoms with E-state index in [9.17, 15) is 4.79 Å². The normalized spacial score (nSPS) is 12.6. The molecule has 0 spiro atoms. The molecule has 0 bridgehead atoms. The molecule has 2 rings (SSSR count). The van der Waals surface area contributed by atoms with Crippen LogP contribution < -0.4 is 10.1 Å². The number of benzene rings is 2. The summed E-state index contributed by atoms with van der Waals surface area (Å²) in [6.45, 7) is 8.36. The Morgan fingerprint density at radius 1 is 1.12 bits per heavy atom. The van der Waals surface area contributed by atoms with Crippen LogP contribution in [-0.2, 0) is 10.2 Å². The summed E-state index contributed by atoms with van der Waals surface area (Å²) < 4.78 is 5.45. The van der Waals surface area contributed by atoms with Gasteiger partial charge in [0, 0.05) is 5.02 Å². The zero-order chi connectivity index (χ0) is 18.6. The maximum Gasteiger partial charge on any atom is 0.258 e. The summed E-state index contributed by atoms with van der Waals surface area (Å²) in [5.74, 6) is 0.224. The molecule has 25 heavy (non-hydrogen) atoms. The average Bonchev–Trinajstić information content (AvgIpc) is 2.53. The van der Waals surface area contributed by atoms with E-state index in [1.165, 1.54) is 5.56 Å². The topological polar surface area (TPSA) is 38.3 Å². The van der Waals surface area contributed by atoms with Gasteiger partial charge in [0.25, 0.3) is 5.91 Å². The maximum atomic E-state index is 12.1. The molecule has 1 unspecified atom stereocenters. The highest BCUT2D eigenvalue weighted by Gasteiger charge is 2.15. The van der Waals surface area contributed by atoms with E-state index in [1.54, 1.807) is 18.2 Å². The molecule has 5 heteroatoms. The van der Waals surface area contributed by atoms with E-state index in [4.69, 9.17) is 27.9 Å². The van der Waals surface area contributed by atoms with Crippen LogP contribution in [-0.4, -0.2) is 12.5 Å². The molecule has 0 aliphatic rings. The van der Waals surface area contributed by atoms with Crippen LogP contribution in [0, 0.1) is 0 Å². The molecular weight excluding hydrogens is 357 g/mol. The number of ether oxygens (including phenoxy) is 1. The lowest BCUT2D eigenvalue weighted by molar-refractivity contribution is -0.123. The highest BCUT2D eigenvalue weighted by molar-refractivity contribution is 6.35. The average molecular weight is 380 g/mol. The zero-order valence-electron chi connectivity index (χ0n) is 14.9. The van der Waals surface area contributed by atoms with Crippen molar-refractivity contribution in [2.24, 2.45) is 0 Å². The van der Waals surface area contributed by atoms with Crippen molar-refractivity contribution < 1.29 is 9.53 Å². The van der Waals surface area contributed by atoms with Gasteiger partial charge in [0.05, 0.1) is 11.1 Å². The Kier molecular flexibility index (Phi) is 6.36. The number of carbonyl (C=O) groups is 1. The Balaban J connectivity index is 1.91. The van der Waals surface area contributed by atoms with Crippen molar-refractivity contribution >= 4 is 29.1 Å². The van der Waals surface area contributed by atoms with Crippen molar-refractivity contribution in [3.05, 3.63) is 63.6 Å². The van der Waals surface area contributed by atoms with Crippen LogP contribution in [0.3, 0.4) is 0 Å². The number of hydrogen-bond acceptors (Lipinski definition) is 2. The van der Waals surface area contributed by atoms with Gasteiger partial charge in [0.2, 0.25) is 0 Å². The second-order valence-corrected chi connectivity index (χ2v) is 7.87. The first kappa shape index (κ1) is 19.6. The summed E-state index contributed by atoms with van der Waals surface area (Å²) in [6, 6.07) is 13.1. The minimum atomic E-state index is -0.210. The minimum Gasteiger partial charge on any atom is -0.482 e. The van der Waals surface area contributed by atoms with Gasteiger partial charge in [-0.25, -0.2) is 0 Å². The van der Waals surface area contributed by atoms with E-state index in [-0.39, 0.29) is 24.0 Å². The molecule has 0 saturated carbocycles. The highest BCUT2D eigenvalue weighted by Crippen LogP contribution is 2.27. The first-order valence-corrected chi connectivity index (χ1v) is 8.90. The Morgan fingerprint density at radius 2 is 1.76 bits per heavy atom. The van der Waals surface area contributed by atoms with Gasteiger partial charge in [-0.1, -0.05) is 68.2 Å². The fraction of sp³-hybridized carbons (Fsp3) is 0.350. The van der Waals surface area contributed by atoms with Crippen molar-refractivity contribution in [2.75, 3.05) is 6.61 Å². The summed E-state index contributed by atoms with van der Waals surface area (Å²) in [5, 5.41) is 3.83. The fourth-order valence-corrected chi connectivity index (χ4v) is 2.84. The van der Waals surface area contributed by atoms with Gasteiger partial charge < -0.3 is 10.1 Å². The lowest BCUT2D eigenvalue weighted by Gasteiger charge is -2.20. The molecule has 0 aliphatic heterocycles. The van der Waals surface area contributed by atoms with Crippen molar-refractivity contribution in [3.63, 3.8) is 0 Å². The number of carbonyl (C=O) groups excluding carboxylic acids is 1.